The molecule has 0 aliphatic carbocycles. The Morgan fingerprint density at radius 3 is 3.05 bits per heavy atom. The number of aliphatic imine (C=N–C) groups is 1. The molecule has 1 aliphatic heterocycles. The van der Waals surface area contributed by atoms with Crippen LogP contribution < -0.4 is 5.32 Å². The topological polar surface area (TPSA) is 66.5 Å². The summed E-state index contributed by atoms with van der Waals surface area (Å²) in [5.74, 6) is 2.90. The highest BCUT2D eigenvalue weighted by molar-refractivity contribution is 5.80. The van der Waals surface area contributed by atoms with Crippen molar-refractivity contribution in [3.63, 3.8) is 0 Å². The Bertz CT molecular complexity index is 428. The van der Waals surface area contributed by atoms with E-state index >= 15 is 0 Å². The molecule has 0 bridgehead atoms. The zero-order valence-corrected chi connectivity index (χ0v) is 12.0. The van der Waals surface area contributed by atoms with Crippen molar-refractivity contribution in [2.24, 2.45) is 10.9 Å². The monoisotopic (exact) mass is 265 g/mol. The average Bonchev–Trinajstić information content (AvgIpc) is 2.80. The van der Waals surface area contributed by atoms with Crippen LogP contribution in [0.5, 0.6) is 0 Å². The first-order valence-corrected chi connectivity index (χ1v) is 7.01. The van der Waals surface area contributed by atoms with E-state index in [1.807, 2.05) is 0 Å². The summed E-state index contributed by atoms with van der Waals surface area (Å²) < 4.78 is 4.95. The Balaban J connectivity index is 2.01. The van der Waals surface area contributed by atoms with E-state index in [-0.39, 0.29) is 0 Å². The van der Waals surface area contributed by atoms with Crippen molar-refractivity contribution < 1.29 is 4.52 Å². The van der Waals surface area contributed by atoms with Gasteiger partial charge in [-0.25, -0.2) is 4.99 Å². The maximum atomic E-state index is 4.95. The Hall–Kier alpha value is -1.59. The van der Waals surface area contributed by atoms with E-state index < -0.39 is 0 Å². The molecule has 0 saturated carbocycles. The van der Waals surface area contributed by atoms with Gasteiger partial charge in [0.25, 0.3) is 0 Å². The maximum Gasteiger partial charge on any atom is 0.223 e. The van der Waals surface area contributed by atoms with Crippen LogP contribution in [0.15, 0.2) is 9.52 Å². The lowest BCUT2D eigenvalue weighted by molar-refractivity contribution is 0.266. The molecule has 0 aromatic carbocycles. The summed E-state index contributed by atoms with van der Waals surface area (Å²) >= 11 is 0. The van der Waals surface area contributed by atoms with Crippen molar-refractivity contribution in [2.75, 3.05) is 19.6 Å². The summed E-state index contributed by atoms with van der Waals surface area (Å²) in [6, 6.07) is 0. The van der Waals surface area contributed by atoms with E-state index in [2.05, 4.69) is 39.2 Å². The van der Waals surface area contributed by atoms with Gasteiger partial charge in [-0.15, -0.1) is 0 Å². The molecule has 1 fully saturated rings. The van der Waals surface area contributed by atoms with Crippen molar-refractivity contribution in [2.45, 2.75) is 40.2 Å². The number of aromatic nitrogens is 2. The van der Waals surface area contributed by atoms with Gasteiger partial charge >= 0.3 is 0 Å². The SMILES string of the molecule is CCNC(=NCc1noc(C)n1)N1CCCC(C)C1. The van der Waals surface area contributed by atoms with Crippen molar-refractivity contribution in [1.29, 1.82) is 0 Å². The number of nitrogens with one attached hydrogen (secondary N) is 1. The van der Waals surface area contributed by atoms with Gasteiger partial charge in [0.15, 0.2) is 11.8 Å². The summed E-state index contributed by atoms with van der Waals surface area (Å²) in [5.41, 5.74) is 0. The van der Waals surface area contributed by atoms with Crippen LogP contribution in [-0.2, 0) is 6.54 Å². The summed E-state index contributed by atoms with van der Waals surface area (Å²) in [7, 11) is 0. The normalized spacial score (nSPS) is 20.7. The lowest BCUT2D eigenvalue weighted by Crippen LogP contribution is -2.46. The molecule has 0 spiro atoms. The number of hydrogen-bond acceptors (Lipinski definition) is 4. The summed E-state index contributed by atoms with van der Waals surface area (Å²) in [6.45, 7) is 9.63. The molecule has 1 atom stereocenters. The first-order valence-electron chi connectivity index (χ1n) is 7.01. The van der Waals surface area contributed by atoms with Gasteiger partial charge in [-0.1, -0.05) is 12.1 Å². The number of guanidine groups is 1. The molecule has 1 aliphatic rings. The lowest BCUT2D eigenvalue weighted by Gasteiger charge is -2.33. The van der Waals surface area contributed by atoms with Crippen molar-refractivity contribution in [3.05, 3.63) is 11.7 Å². The van der Waals surface area contributed by atoms with Gasteiger partial charge in [0.2, 0.25) is 5.89 Å². The zero-order chi connectivity index (χ0) is 13.7. The van der Waals surface area contributed by atoms with Crippen molar-refractivity contribution >= 4 is 5.96 Å². The smallest absolute Gasteiger partial charge is 0.223 e. The van der Waals surface area contributed by atoms with Crippen molar-refractivity contribution in [3.8, 4) is 0 Å². The molecule has 0 radical (unpaired) electrons. The molecule has 6 nitrogen and oxygen atoms in total. The minimum Gasteiger partial charge on any atom is -0.357 e. The molecular formula is C13H23N5O. The van der Waals surface area contributed by atoms with E-state index in [1.54, 1.807) is 6.92 Å². The fourth-order valence-corrected chi connectivity index (χ4v) is 2.36. The van der Waals surface area contributed by atoms with Crippen LogP contribution in [0.25, 0.3) is 0 Å². The molecule has 0 amide bonds. The third-order valence-electron chi connectivity index (χ3n) is 3.23. The molecule has 1 unspecified atom stereocenters. The molecule has 1 aromatic heterocycles. The number of rotatable bonds is 3. The van der Waals surface area contributed by atoms with Crippen molar-refractivity contribution in [1.82, 2.24) is 20.4 Å². The summed E-state index contributed by atoms with van der Waals surface area (Å²) in [5, 5.41) is 7.21. The van der Waals surface area contributed by atoms with Gasteiger partial charge in [-0.05, 0) is 25.7 Å². The second kappa shape index (κ2) is 6.54. The largest absolute Gasteiger partial charge is 0.357 e. The maximum absolute atomic E-state index is 4.95. The molecule has 1 N–H and O–H groups in total. The zero-order valence-electron chi connectivity index (χ0n) is 12.0. The summed E-state index contributed by atoms with van der Waals surface area (Å²) in [6.07, 6.45) is 2.53. The van der Waals surface area contributed by atoms with Gasteiger partial charge in [0.1, 0.15) is 6.54 Å². The Morgan fingerprint density at radius 1 is 1.58 bits per heavy atom. The number of likely N-dealkylation sites (tertiary alicyclic amines) is 1. The first kappa shape index (κ1) is 13.8. The van der Waals surface area contributed by atoms with Gasteiger partial charge in [-0.2, -0.15) is 4.98 Å². The molecule has 1 saturated heterocycles. The van der Waals surface area contributed by atoms with E-state index in [1.165, 1.54) is 12.8 Å². The third kappa shape index (κ3) is 3.94. The predicted octanol–water partition coefficient (Wildman–Crippen LogP) is 1.58. The van der Waals surface area contributed by atoms with E-state index in [4.69, 9.17) is 4.52 Å². The Labute approximate surface area is 114 Å². The Kier molecular flexibility index (Phi) is 4.76. The van der Waals surface area contributed by atoms with Gasteiger partial charge in [0.05, 0.1) is 0 Å². The molecule has 106 valence electrons. The van der Waals surface area contributed by atoms with E-state index in [0.717, 1.165) is 31.5 Å². The fraction of sp³-hybridized carbons (Fsp3) is 0.769. The third-order valence-corrected chi connectivity index (χ3v) is 3.23. The van der Waals surface area contributed by atoms with Crippen LogP contribution in [0, 0.1) is 12.8 Å². The van der Waals surface area contributed by atoms with Crippen LogP contribution in [-0.4, -0.2) is 40.6 Å². The molecular weight excluding hydrogens is 242 g/mol. The molecule has 1 aromatic rings. The van der Waals surface area contributed by atoms with Crippen LogP contribution in [0.3, 0.4) is 0 Å². The molecule has 2 rings (SSSR count). The second-order valence-electron chi connectivity index (χ2n) is 5.09. The highest BCUT2D eigenvalue weighted by atomic mass is 16.5. The standard InChI is InChI=1S/C13H23N5O/c1-4-14-13(18-7-5-6-10(2)9-18)15-8-12-16-11(3)19-17-12/h10H,4-9H2,1-3H3,(H,14,15). The van der Waals surface area contributed by atoms with Gasteiger partial charge < -0.3 is 14.7 Å². The molecule has 2 heterocycles. The number of nitrogens with zero attached hydrogens (tertiary/aromatic N) is 4. The van der Waals surface area contributed by atoms with Gasteiger partial charge in [-0.3, -0.25) is 0 Å². The number of hydrogen-bond donors (Lipinski definition) is 1. The molecule has 19 heavy (non-hydrogen) atoms. The van der Waals surface area contributed by atoms with Crippen LogP contribution in [0.2, 0.25) is 0 Å². The fourth-order valence-electron chi connectivity index (χ4n) is 2.36. The van der Waals surface area contributed by atoms with Crippen LogP contribution >= 0.6 is 0 Å². The van der Waals surface area contributed by atoms with Gasteiger partial charge in [0, 0.05) is 26.6 Å². The highest BCUT2D eigenvalue weighted by Gasteiger charge is 2.19. The minimum absolute atomic E-state index is 0.463. The minimum atomic E-state index is 0.463. The average molecular weight is 265 g/mol. The molecule has 6 heteroatoms. The summed E-state index contributed by atoms with van der Waals surface area (Å²) in [4.78, 5) is 11.1. The predicted molar refractivity (Wildman–Crippen MR) is 73.8 cm³/mol. The van der Waals surface area contributed by atoms with E-state index in [9.17, 15) is 0 Å². The first-order chi connectivity index (χ1) is 9.19. The van der Waals surface area contributed by atoms with E-state index in [0.29, 0.717) is 18.3 Å². The number of piperidine rings is 1. The highest BCUT2D eigenvalue weighted by Crippen LogP contribution is 2.15. The lowest BCUT2D eigenvalue weighted by atomic mass is 10.0. The quantitative estimate of drug-likeness (QED) is 0.664. The second-order valence-corrected chi connectivity index (χ2v) is 5.09. The number of aryl methyl sites for hydroxylation is 1. The Morgan fingerprint density at radius 2 is 2.42 bits per heavy atom. The van der Waals surface area contributed by atoms with Crippen LogP contribution in [0.1, 0.15) is 38.4 Å². The van der Waals surface area contributed by atoms with Crippen LogP contribution in [0.4, 0.5) is 0 Å².